The smallest absolute Gasteiger partial charge is 0.331 e. The Labute approximate surface area is 113 Å². The van der Waals surface area contributed by atoms with Crippen LogP contribution >= 0.6 is 11.6 Å². The van der Waals surface area contributed by atoms with Crippen molar-refractivity contribution in [3.63, 3.8) is 0 Å². The largest absolute Gasteiger partial charge is 0.497 e. The highest BCUT2D eigenvalue weighted by atomic mass is 35.5. The predicted octanol–water partition coefficient (Wildman–Crippen LogP) is 2.38. The number of nitrogens with zero attached hydrogens (tertiary/aromatic N) is 2. The summed E-state index contributed by atoms with van der Waals surface area (Å²) in [6.07, 6.45) is 1.54. The Morgan fingerprint density at radius 1 is 1.32 bits per heavy atom. The summed E-state index contributed by atoms with van der Waals surface area (Å²) in [6, 6.07) is 8.86. The number of pyridine rings is 1. The Bertz CT molecular complexity index is 790. The molecule has 19 heavy (non-hydrogen) atoms. The van der Waals surface area contributed by atoms with E-state index >= 15 is 0 Å². The van der Waals surface area contributed by atoms with Gasteiger partial charge in [-0.2, -0.15) is 0 Å². The van der Waals surface area contributed by atoms with Crippen molar-refractivity contribution in [2.24, 2.45) is 0 Å². The zero-order valence-electron chi connectivity index (χ0n) is 10.1. The van der Waals surface area contributed by atoms with E-state index < -0.39 is 0 Å². The molecule has 0 radical (unpaired) electrons. The maximum Gasteiger partial charge on any atom is 0.331 e. The van der Waals surface area contributed by atoms with Crippen molar-refractivity contribution in [1.82, 2.24) is 14.5 Å². The predicted molar refractivity (Wildman–Crippen MR) is 73.3 cm³/mol. The zero-order valence-corrected chi connectivity index (χ0v) is 10.8. The number of methoxy groups -OCH3 is 1. The van der Waals surface area contributed by atoms with Crippen LogP contribution in [0.25, 0.3) is 16.7 Å². The molecule has 2 aromatic heterocycles. The van der Waals surface area contributed by atoms with E-state index in [-0.39, 0.29) is 5.69 Å². The maximum absolute atomic E-state index is 12.0. The van der Waals surface area contributed by atoms with Crippen LogP contribution in [0.15, 0.2) is 41.3 Å². The van der Waals surface area contributed by atoms with Gasteiger partial charge in [-0.1, -0.05) is 11.6 Å². The molecule has 6 heteroatoms. The molecule has 0 aliphatic carbocycles. The number of halogens is 1. The Morgan fingerprint density at radius 2 is 2.05 bits per heavy atom. The Hall–Kier alpha value is -2.27. The molecular formula is C13H10ClN3O2. The Morgan fingerprint density at radius 3 is 2.74 bits per heavy atom. The maximum atomic E-state index is 12.0. The first kappa shape index (κ1) is 11.8. The number of fused-ring (bicyclic) bond motifs is 1. The number of imidazole rings is 1. The van der Waals surface area contributed by atoms with Crippen molar-refractivity contribution >= 4 is 22.6 Å². The van der Waals surface area contributed by atoms with E-state index in [1.54, 1.807) is 36.1 Å². The molecule has 3 rings (SSSR count). The summed E-state index contributed by atoms with van der Waals surface area (Å²) >= 11 is 5.87. The zero-order chi connectivity index (χ0) is 13.4. The average molecular weight is 276 g/mol. The fraction of sp³-hybridized carbons (Fsp3) is 0.0769. The minimum absolute atomic E-state index is 0.232. The highest BCUT2D eigenvalue weighted by Gasteiger charge is 2.09. The summed E-state index contributed by atoms with van der Waals surface area (Å²) in [5.74, 6) is 0.733. The fourth-order valence-electron chi connectivity index (χ4n) is 1.97. The van der Waals surface area contributed by atoms with Gasteiger partial charge in [-0.05, 0) is 24.3 Å². The van der Waals surface area contributed by atoms with Crippen molar-refractivity contribution in [2.75, 3.05) is 7.11 Å². The van der Waals surface area contributed by atoms with Crippen molar-refractivity contribution in [3.8, 4) is 11.4 Å². The molecule has 3 aromatic rings. The van der Waals surface area contributed by atoms with Crippen LogP contribution in [0.1, 0.15) is 0 Å². The molecule has 0 bridgehead atoms. The Kier molecular flexibility index (Phi) is 2.76. The molecule has 96 valence electrons. The van der Waals surface area contributed by atoms with Gasteiger partial charge in [0.1, 0.15) is 10.9 Å². The number of hydrogen-bond acceptors (Lipinski definition) is 3. The SMILES string of the molecule is COc1ccc(-n2c(=O)[nH]c3cnc(Cl)cc32)cc1. The number of aromatic amines is 1. The molecule has 0 aliphatic heterocycles. The summed E-state index contributed by atoms with van der Waals surface area (Å²) in [4.78, 5) is 18.7. The van der Waals surface area contributed by atoms with E-state index in [1.165, 1.54) is 0 Å². The summed E-state index contributed by atoms with van der Waals surface area (Å²) < 4.78 is 6.64. The fourth-order valence-corrected chi connectivity index (χ4v) is 2.12. The second-order valence-electron chi connectivity index (χ2n) is 3.99. The van der Waals surface area contributed by atoms with Gasteiger partial charge in [-0.3, -0.25) is 4.57 Å². The first-order valence-corrected chi connectivity index (χ1v) is 5.97. The molecule has 5 nitrogen and oxygen atoms in total. The van der Waals surface area contributed by atoms with Gasteiger partial charge < -0.3 is 9.72 Å². The Balaban J connectivity index is 2.25. The van der Waals surface area contributed by atoms with Crippen LogP contribution in [0, 0.1) is 0 Å². The highest BCUT2D eigenvalue weighted by Crippen LogP contribution is 2.19. The lowest BCUT2D eigenvalue weighted by Gasteiger charge is -2.05. The van der Waals surface area contributed by atoms with Crippen LogP contribution in [0.3, 0.4) is 0 Å². The van der Waals surface area contributed by atoms with E-state index in [9.17, 15) is 4.79 Å². The van der Waals surface area contributed by atoms with Crippen molar-refractivity contribution in [2.45, 2.75) is 0 Å². The van der Waals surface area contributed by atoms with E-state index in [1.807, 2.05) is 12.1 Å². The van der Waals surface area contributed by atoms with Gasteiger partial charge >= 0.3 is 5.69 Å². The number of benzene rings is 1. The quantitative estimate of drug-likeness (QED) is 0.731. The van der Waals surface area contributed by atoms with Gasteiger partial charge in [0.2, 0.25) is 0 Å². The van der Waals surface area contributed by atoms with Crippen molar-refractivity contribution < 1.29 is 4.74 Å². The highest BCUT2D eigenvalue weighted by molar-refractivity contribution is 6.29. The van der Waals surface area contributed by atoms with Crippen LogP contribution in [-0.4, -0.2) is 21.6 Å². The number of ether oxygens (including phenoxy) is 1. The molecule has 0 saturated carbocycles. The molecule has 0 amide bonds. The lowest BCUT2D eigenvalue weighted by atomic mass is 10.3. The van der Waals surface area contributed by atoms with Crippen LogP contribution in [0.4, 0.5) is 0 Å². The lowest BCUT2D eigenvalue weighted by Crippen LogP contribution is -2.14. The minimum Gasteiger partial charge on any atom is -0.497 e. The normalized spacial score (nSPS) is 10.8. The number of nitrogens with one attached hydrogen (secondary N) is 1. The number of hydrogen-bond donors (Lipinski definition) is 1. The number of aromatic nitrogens is 3. The molecule has 0 unspecified atom stereocenters. The average Bonchev–Trinajstić information content (AvgIpc) is 2.74. The van der Waals surface area contributed by atoms with E-state index in [0.29, 0.717) is 16.2 Å². The second-order valence-corrected chi connectivity index (χ2v) is 4.38. The van der Waals surface area contributed by atoms with Crippen LogP contribution in [-0.2, 0) is 0 Å². The molecule has 1 N–H and O–H groups in total. The van der Waals surface area contributed by atoms with Gasteiger partial charge in [-0.15, -0.1) is 0 Å². The van der Waals surface area contributed by atoms with Gasteiger partial charge in [0.25, 0.3) is 0 Å². The summed E-state index contributed by atoms with van der Waals surface area (Å²) in [6.45, 7) is 0. The third-order valence-electron chi connectivity index (χ3n) is 2.86. The van der Waals surface area contributed by atoms with Gasteiger partial charge in [0.05, 0.1) is 30.0 Å². The molecule has 0 fully saturated rings. The number of H-pyrrole nitrogens is 1. The molecule has 0 aliphatic rings. The van der Waals surface area contributed by atoms with Crippen LogP contribution in [0.5, 0.6) is 5.75 Å². The summed E-state index contributed by atoms with van der Waals surface area (Å²) in [5.41, 5.74) is 1.84. The van der Waals surface area contributed by atoms with Gasteiger partial charge in [-0.25, -0.2) is 9.78 Å². The topological polar surface area (TPSA) is 59.9 Å². The lowest BCUT2D eigenvalue weighted by molar-refractivity contribution is 0.414. The molecule has 0 atom stereocenters. The third-order valence-corrected chi connectivity index (χ3v) is 3.07. The summed E-state index contributed by atoms with van der Waals surface area (Å²) in [7, 11) is 1.60. The molecule has 0 spiro atoms. The third kappa shape index (κ3) is 1.98. The second kappa shape index (κ2) is 4.44. The van der Waals surface area contributed by atoms with Gasteiger partial charge in [0, 0.05) is 6.07 Å². The first-order valence-electron chi connectivity index (χ1n) is 5.60. The number of rotatable bonds is 2. The van der Waals surface area contributed by atoms with E-state index in [2.05, 4.69) is 9.97 Å². The first-order chi connectivity index (χ1) is 9.19. The standard InChI is InChI=1S/C13H10ClN3O2/c1-19-9-4-2-8(3-5-9)17-11-6-12(14)15-7-10(11)16-13(17)18/h2-7H,1H3,(H,16,18). The summed E-state index contributed by atoms with van der Waals surface area (Å²) in [5, 5.41) is 0.341. The van der Waals surface area contributed by atoms with Crippen LogP contribution < -0.4 is 10.4 Å². The molecule has 1 aromatic carbocycles. The molecule has 0 saturated heterocycles. The van der Waals surface area contributed by atoms with Crippen molar-refractivity contribution in [1.29, 1.82) is 0 Å². The van der Waals surface area contributed by atoms with Crippen molar-refractivity contribution in [3.05, 3.63) is 52.2 Å². The molecular weight excluding hydrogens is 266 g/mol. The van der Waals surface area contributed by atoms with E-state index in [0.717, 1.165) is 11.4 Å². The monoisotopic (exact) mass is 275 g/mol. The van der Waals surface area contributed by atoms with E-state index in [4.69, 9.17) is 16.3 Å². The molecule has 2 heterocycles. The van der Waals surface area contributed by atoms with Crippen LogP contribution in [0.2, 0.25) is 5.15 Å². The minimum atomic E-state index is -0.232. The van der Waals surface area contributed by atoms with Gasteiger partial charge in [0.15, 0.2) is 0 Å².